The maximum Gasteiger partial charge on any atom is 0.185 e. The van der Waals surface area contributed by atoms with Crippen molar-refractivity contribution in [3.8, 4) is 11.5 Å². The number of fused-ring (bicyclic) bond motifs is 1. The van der Waals surface area contributed by atoms with Crippen molar-refractivity contribution in [1.29, 1.82) is 0 Å². The Balaban J connectivity index is 2.24. The molecule has 0 atom stereocenters. The van der Waals surface area contributed by atoms with Crippen molar-refractivity contribution in [3.05, 3.63) is 18.2 Å². The summed E-state index contributed by atoms with van der Waals surface area (Å²) in [4.78, 5) is 11.6. The van der Waals surface area contributed by atoms with Crippen molar-refractivity contribution in [1.82, 2.24) is 0 Å². The molecule has 0 amide bonds. The van der Waals surface area contributed by atoms with E-state index >= 15 is 0 Å². The molecule has 1 aromatic rings. The normalized spacial score (nSPS) is 14.7. The molecule has 0 saturated carbocycles. The summed E-state index contributed by atoms with van der Waals surface area (Å²) in [5.74, 6) is 0.243. The molecule has 1 aliphatic rings. The number of rotatable bonds is 5. The highest BCUT2D eigenvalue weighted by Gasteiger charge is 2.21. The molecule has 0 bridgehead atoms. The number of ether oxygens (including phenoxy) is 2. The Hall–Kier alpha value is -1.56. The van der Waals surface area contributed by atoms with Crippen molar-refractivity contribution >= 4 is 15.6 Å². The zero-order valence-corrected chi connectivity index (χ0v) is 12.2. The molecular weight excluding hydrogens is 280 g/mol. The molecule has 1 aliphatic heterocycles. The van der Waals surface area contributed by atoms with Crippen LogP contribution in [0.3, 0.4) is 0 Å². The number of carbonyl (C=O) groups excluding carboxylic acids is 1. The first-order valence-electron chi connectivity index (χ1n) is 6.67. The SMILES string of the molecule is CCCC(=O)CS(=O)(=O)c1ccc2c(c1)OCCCO2. The molecule has 0 aliphatic carbocycles. The van der Waals surface area contributed by atoms with Crippen LogP contribution < -0.4 is 9.47 Å². The Morgan fingerprint density at radius 2 is 1.90 bits per heavy atom. The van der Waals surface area contributed by atoms with E-state index in [2.05, 4.69) is 0 Å². The van der Waals surface area contributed by atoms with Crippen LogP contribution in [-0.2, 0) is 14.6 Å². The van der Waals surface area contributed by atoms with E-state index in [1.54, 1.807) is 6.07 Å². The quantitative estimate of drug-likeness (QED) is 0.831. The monoisotopic (exact) mass is 298 g/mol. The first kappa shape index (κ1) is 14.8. The summed E-state index contributed by atoms with van der Waals surface area (Å²) in [6.45, 7) is 2.89. The van der Waals surface area contributed by atoms with Crippen LogP contribution in [0.15, 0.2) is 23.1 Å². The van der Waals surface area contributed by atoms with Crippen LogP contribution in [0.25, 0.3) is 0 Å². The highest BCUT2D eigenvalue weighted by molar-refractivity contribution is 7.92. The predicted octanol–water partition coefficient (Wildman–Crippen LogP) is 1.99. The number of Topliss-reactive ketones (excluding diaryl/α,β-unsaturated/α-hetero) is 1. The van der Waals surface area contributed by atoms with Gasteiger partial charge >= 0.3 is 0 Å². The second kappa shape index (κ2) is 6.26. The van der Waals surface area contributed by atoms with Crippen molar-refractivity contribution in [3.63, 3.8) is 0 Å². The van der Waals surface area contributed by atoms with Crippen molar-refractivity contribution in [2.24, 2.45) is 0 Å². The third-order valence-corrected chi connectivity index (χ3v) is 4.63. The molecule has 5 nitrogen and oxygen atoms in total. The van der Waals surface area contributed by atoms with E-state index in [0.717, 1.165) is 6.42 Å². The number of benzene rings is 1. The van der Waals surface area contributed by atoms with Crippen molar-refractivity contribution in [2.75, 3.05) is 19.0 Å². The number of hydrogen-bond donors (Lipinski definition) is 0. The lowest BCUT2D eigenvalue weighted by molar-refractivity contribution is -0.116. The van der Waals surface area contributed by atoms with Crippen molar-refractivity contribution in [2.45, 2.75) is 31.1 Å². The fraction of sp³-hybridized carbons (Fsp3) is 0.500. The molecule has 1 heterocycles. The van der Waals surface area contributed by atoms with Gasteiger partial charge in [-0.2, -0.15) is 0 Å². The van der Waals surface area contributed by atoms with E-state index in [-0.39, 0.29) is 17.1 Å². The minimum Gasteiger partial charge on any atom is -0.490 e. The molecule has 0 radical (unpaired) electrons. The summed E-state index contributed by atoms with van der Waals surface area (Å²) in [7, 11) is -3.61. The smallest absolute Gasteiger partial charge is 0.185 e. The van der Waals surface area contributed by atoms with Gasteiger partial charge in [-0.3, -0.25) is 4.79 Å². The topological polar surface area (TPSA) is 69.7 Å². The molecule has 0 N–H and O–H groups in total. The molecule has 6 heteroatoms. The molecule has 110 valence electrons. The number of hydrogen-bond acceptors (Lipinski definition) is 5. The number of sulfone groups is 1. The van der Waals surface area contributed by atoms with Crippen LogP contribution in [0, 0.1) is 0 Å². The Kier molecular flexibility index (Phi) is 4.65. The van der Waals surface area contributed by atoms with Crippen molar-refractivity contribution < 1.29 is 22.7 Å². The Morgan fingerprint density at radius 3 is 2.60 bits per heavy atom. The van der Waals surface area contributed by atoms with Crippen LogP contribution in [-0.4, -0.2) is 33.2 Å². The van der Waals surface area contributed by atoms with Crippen LogP contribution in [0.4, 0.5) is 0 Å². The molecule has 2 rings (SSSR count). The zero-order valence-electron chi connectivity index (χ0n) is 11.4. The van der Waals surface area contributed by atoms with Crippen LogP contribution in [0.2, 0.25) is 0 Å². The van der Waals surface area contributed by atoms with Gasteiger partial charge in [0.05, 0.1) is 18.1 Å². The Labute approximate surface area is 118 Å². The fourth-order valence-electron chi connectivity index (χ4n) is 1.98. The summed E-state index contributed by atoms with van der Waals surface area (Å²) in [5, 5.41) is 0. The van der Waals surface area contributed by atoms with Crippen LogP contribution in [0.5, 0.6) is 11.5 Å². The third kappa shape index (κ3) is 3.50. The second-order valence-electron chi connectivity index (χ2n) is 4.71. The van der Waals surface area contributed by atoms with Crippen LogP contribution in [0.1, 0.15) is 26.2 Å². The minimum atomic E-state index is -3.61. The van der Waals surface area contributed by atoms with Gasteiger partial charge in [-0.25, -0.2) is 8.42 Å². The lowest BCUT2D eigenvalue weighted by atomic mass is 10.3. The first-order chi connectivity index (χ1) is 9.53. The summed E-state index contributed by atoms with van der Waals surface area (Å²) >= 11 is 0. The first-order valence-corrected chi connectivity index (χ1v) is 8.32. The lowest BCUT2D eigenvalue weighted by Crippen LogP contribution is -2.16. The van der Waals surface area contributed by atoms with Gasteiger partial charge in [0, 0.05) is 18.9 Å². The number of carbonyl (C=O) groups is 1. The van der Waals surface area contributed by atoms with E-state index < -0.39 is 15.6 Å². The summed E-state index contributed by atoms with van der Waals surface area (Å²) in [6, 6.07) is 4.48. The van der Waals surface area contributed by atoms with E-state index in [1.807, 2.05) is 6.92 Å². The molecule has 0 fully saturated rings. The highest BCUT2D eigenvalue weighted by atomic mass is 32.2. The van der Waals surface area contributed by atoms with Gasteiger partial charge in [0.25, 0.3) is 0 Å². The van der Waals surface area contributed by atoms with E-state index in [4.69, 9.17) is 9.47 Å². The standard InChI is InChI=1S/C14H18O5S/c1-2-4-11(15)10-20(16,17)12-5-6-13-14(9-12)19-8-3-7-18-13/h5-6,9H,2-4,7-8,10H2,1H3. The minimum absolute atomic E-state index is 0.103. The molecule has 20 heavy (non-hydrogen) atoms. The highest BCUT2D eigenvalue weighted by Crippen LogP contribution is 2.32. The third-order valence-electron chi connectivity index (χ3n) is 2.96. The summed E-state index contributed by atoms with van der Waals surface area (Å²) < 4.78 is 35.3. The van der Waals surface area contributed by atoms with Gasteiger partial charge in [-0.1, -0.05) is 6.92 Å². The predicted molar refractivity (Wildman–Crippen MR) is 74.0 cm³/mol. The zero-order chi connectivity index (χ0) is 14.6. The molecular formula is C14H18O5S. The lowest BCUT2D eigenvalue weighted by Gasteiger charge is -2.09. The van der Waals surface area contributed by atoms with Gasteiger partial charge < -0.3 is 9.47 Å². The van der Waals surface area contributed by atoms with Gasteiger partial charge in [-0.05, 0) is 18.6 Å². The van der Waals surface area contributed by atoms with Crippen LogP contribution >= 0.6 is 0 Å². The molecule has 0 aromatic heterocycles. The summed E-state index contributed by atoms with van der Waals surface area (Å²) in [6.07, 6.45) is 1.69. The Bertz CT molecular complexity index is 592. The average Bonchev–Trinajstić information content (AvgIpc) is 2.62. The maximum absolute atomic E-state index is 12.2. The molecule has 1 aromatic carbocycles. The second-order valence-corrected chi connectivity index (χ2v) is 6.70. The Morgan fingerprint density at radius 1 is 1.20 bits per heavy atom. The van der Waals surface area contributed by atoms with Gasteiger partial charge in [0.15, 0.2) is 21.3 Å². The van der Waals surface area contributed by atoms with Gasteiger partial charge in [0.2, 0.25) is 0 Å². The molecule has 0 spiro atoms. The number of ketones is 1. The van der Waals surface area contributed by atoms with Gasteiger partial charge in [0.1, 0.15) is 11.5 Å². The van der Waals surface area contributed by atoms with E-state index in [1.165, 1.54) is 12.1 Å². The van der Waals surface area contributed by atoms with Gasteiger partial charge in [-0.15, -0.1) is 0 Å². The van der Waals surface area contributed by atoms with E-state index in [0.29, 0.717) is 31.1 Å². The average molecular weight is 298 g/mol. The van der Waals surface area contributed by atoms with E-state index in [9.17, 15) is 13.2 Å². The summed E-state index contributed by atoms with van der Waals surface area (Å²) in [5.41, 5.74) is 0. The fourth-order valence-corrected chi connectivity index (χ4v) is 3.28. The molecule has 0 saturated heterocycles. The molecule has 0 unspecified atom stereocenters. The largest absolute Gasteiger partial charge is 0.490 e. The maximum atomic E-state index is 12.2.